The number of para-hydroxylation sites is 1. The minimum absolute atomic E-state index is 0.0924. The molecule has 0 aliphatic heterocycles. The average Bonchev–Trinajstić information content (AvgIpc) is 3.55. The van der Waals surface area contributed by atoms with Crippen LogP contribution < -0.4 is 9.62 Å². The first-order chi connectivity index (χ1) is 14.4. The molecule has 5 nitrogen and oxygen atoms in total. The van der Waals surface area contributed by atoms with Crippen molar-refractivity contribution in [2.45, 2.75) is 17.2 Å². The van der Waals surface area contributed by atoms with Gasteiger partial charge in [0, 0.05) is 23.7 Å². The van der Waals surface area contributed by atoms with E-state index in [1.165, 1.54) is 23.5 Å². The molecule has 2 atom stereocenters. The summed E-state index contributed by atoms with van der Waals surface area (Å²) in [6.45, 7) is 0. The second-order valence-electron chi connectivity index (χ2n) is 7.30. The molecule has 0 spiro atoms. The number of benzene rings is 3. The van der Waals surface area contributed by atoms with Crippen LogP contribution in [0.5, 0.6) is 0 Å². The molecule has 3 aromatic rings. The Morgan fingerprint density at radius 1 is 1.00 bits per heavy atom. The fourth-order valence-electron chi connectivity index (χ4n) is 3.51. The monoisotopic (exact) mass is 440 g/mol. The van der Waals surface area contributed by atoms with Gasteiger partial charge in [-0.25, -0.2) is 8.42 Å². The molecule has 1 N–H and O–H groups in total. The summed E-state index contributed by atoms with van der Waals surface area (Å²) >= 11 is 6.24. The summed E-state index contributed by atoms with van der Waals surface area (Å²) in [4.78, 5) is 12.8. The summed E-state index contributed by atoms with van der Waals surface area (Å²) in [5.74, 6) is -0.210. The minimum atomic E-state index is -3.75. The third-order valence-electron chi connectivity index (χ3n) is 5.31. The summed E-state index contributed by atoms with van der Waals surface area (Å²) in [5, 5.41) is 3.51. The van der Waals surface area contributed by atoms with Gasteiger partial charge in [0.2, 0.25) is 5.91 Å². The van der Waals surface area contributed by atoms with Gasteiger partial charge >= 0.3 is 0 Å². The number of rotatable bonds is 6. The molecular formula is C23H21ClN2O3S. The summed E-state index contributed by atoms with van der Waals surface area (Å²) < 4.78 is 27.2. The van der Waals surface area contributed by atoms with E-state index in [1.54, 1.807) is 36.4 Å². The Balaban J connectivity index is 1.49. The second kappa shape index (κ2) is 8.13. The van der Waals surface area contributed by atoms with Gasteiger partial charge in [-0.1, -0.05) is 54.1 Å². The summed E-state index contributed by atoms with van der Waals surface area (Å²) in [6, 6.07) is 22.7. The standard InChI is InChI=1S/C23H21ClN2O3S/c1-26(17-9-3-2-4-10-17)30(28,29)18-11-7-8-16(14-18)25-23(27)21-15-20(21)19-12-5-6-13-22(19)24/h2-14,20-21H,15H2,1H3,(H,25,27). The lowest BCUT2D eigenvalue weighted by atomic mass is 10.1. The van der Waals surface area contributed by atoms with Crippen molar-refractivity contribution < 1.29 is 13.2 Å². The van der Waals surface area contributed by atoms with Gasteiger partial charge in [-0.15, -0.1) is 0 Å². The molecule has 0 bridgehead atoms. The maximum absolute atomic E-state index is 13.0. The van der Waals surface area contributed by atoms with Crippen LogP contribution in [0.1, 0.15) is 17.9 Å². The van der Waals surface area contributed by atoms with E-state index in [4.69, 9.17) is 11.6 Å². The van der Waals surface area contributed by atoms with Crippen LogP contribution in [0, 0.1) is 5.92 Å². The highest BCUT2D eigenvalue weighted by Gasteiger charge is 2.44. The zero-order valence-corrected chi connectivity index (χ0v) is 17.9. The topological polar surface area (TPSA) is 66.5 Å². The highest BCUT2D eigenvalue weighted by molar-refractivity contribution is 7.92. The van der Waals surface area contributed by atoms with E-state index >= 15 is 0 Å². The third kappa shape index (κ3) is 4.06. The highest BCUT2D eigenvalue weighted by Crippen LogP contribution is 2.50. The second-order valence-corrected chi connectivity index (χ2v) is 9.67. The SMILES string of the molecule is CN(c1ccccc1)S(=O)(=O)c1cccc(NC(=O)C2CC2c2ccccc2Cl)c1. The molecule has 1 aliphatic carbocycles. The molecule has 3 aromatic carbocycles. The van der Waals surface area contributed by atoms with Gasteiger partial charge in [-0.3, -0.25) is 9.10 Å². The maximum atomic E-state index is 13.0. The lowest BCUT2D eigenvalue weighted by molar-refractivity contribution is -0.117. The molecule has 1 fully saturated rings. The minimum Gasteiger partial charge on any atom is -0.326 e. The number of carbonyl (C=O) groups is 1. The highest BCUT2D eigenvalue weighted by atomic mass is 35.5. The van der Waals surface area contributed by atoms with Crippen molar-refractivity contribution in [3.8, 4) is 0 Å². The molecule has 1 aliphatic rings. The van der Waals surface area contributed by atoms with Gasteiger partial charge in [0.05, 0.1) is 10.6 Å². The van der Waals surface area contributed by atoms with Crippen molar-refractivity contribution in [3.63, 3.8) is 0 Å². The predicted molar refractivity (Wildman–Crippen MR) is 119 cm³/mol. The molecule has 30 heavy (non-hydrogen) atoms. The van der Waals surface area contributed by atoms with Crippen LogP contribution in [0.4, 0.5) is 11.4 Å². The molecule has 0 radical (unpaired) electrons. The van der Waals surface area contributed by atoms with E-state index in [-0.39, 0.29) is 22.6 Å². The van der Waals surface area contributed by atoms with Crippen molar-refractivity contribution in [3.05, 3.63) is 89.4 Å². The lowest BCUT2D eigenvalue weighted by Gasteiger charge is -2.20. The Hall–Kier alpha value is -2.83. The Kier molecular flexibility index (Phi) is 5.54. The van der Waals surface area contributed by atoms with Crippen LogP contribution in [0.25, 0.3) is 0 Å². The molecule has 1 amide bonds. The van der Waals surface area contributed by atoms with Crippen LogP contribution in [-0.2, 0) is 14.8 Å². The number of nitrogens with zero attached hydrogens (tertiary/aromatic N) is 1. The summed E-state index contributed by atoms with van der Waals surface area (Å²) in [5.41, 5.74) is 1.99. The smallest absolute Gasteiger partial charge is 0.264 e. The number of hydrogen-bond acceptors (Lipinski definition) is 3. The van der Waals surface area contributed by atoms with E-state index < -0.39 is 10.0 Å². The summed E-state index contributed by atoms with van der Waals surface area (Å²) in [6.07, 6.45) is 0.726. The van der Waals surface area contributed by atoms with Crippen LogP contribution in [0.15, 0.2) is 83.8 Å². The van der Waals surface area contributed by atoms with Gasteiger partial charge in [-0.2, -0.15) is 0 Å². The van der Waals surface area contributed by atoms with Gasteiger partial charge in [0.25, 0.3) is 10.0 Å². The van der Waals surface area contributed by atoms with Gasteiger partial charge in [-0.05, 0) is 54.3 Å². The first-order valence-corrected chi connectivity index (χ1v) is 11.4. The molecule has 0 saturated heterocycles. The van der Waals surface area contributed by atoms with E-state index in [0.29, 0.717) is 16.4 Å². The number of carbonyl (C=O) groups excluding carboxylic acids is 1. The first-order valence-electron chi connectivity index (χ1n) is 9.57. The van der Waals surface area contributed by atoms with Gasteiger partial charge in [0.15, 0.2) is 0 Å². The molecule has 7 heteroatoms. The van der Waals surface area contributed by atoms with Crippen LogP contribution in [-0.4, -0.2) is 21.4 Å². The van der Waals surface area contributed by atoms with Gasteiger partial charge < -0.3 is 5.32 Å². The quantitative estimate of drug-likeness (QED) is 0.592. The van der Waals surface area contributed by atoms with Crippen molar-refractivity contribution in [1.29, 1.82) is 0 Å². The zero-order valence-electron chi connectivity index (χ0n) is 16.3. The van der Waals surface area contributed by atoms with E-state index in [0.717, 1.165) is 12.0 Å². The molecule has 0 heterocycles. The van der Waals surface area contributed by atoms with Crippen molar-refractivity contribution >= 4 is 38.9 Å². The molecule has 1 saturated carbocycles. The van der Waals surface area contributed by atoms with E-state index in [1.807, 2.05) is 30.3 Å². The number of hydrogen-bond donors (Lipinski definition) is 1. The molecule has 154 valence electrons. The Morgan fingerprint density at radius 3 is 2.43 bits per heavy atom. The molecule has 4 rings (SSSR count). The zero-order chi connectivity index (χ0) is 21.3. The number of sulfonamides is 1. The Morgan fingerprint density at radius 2 is 1.70 bits per heavy atom. The molecule has 0 aromatic heterocycles. The summed E-state index contributed by atoms with van der Waals surface area (Å²) in [7, 11) is -2.24. The fraction of sp³-hybridized carbons (Fsp3) is 0.174. The lowest BCUT2D eigenvalue weighted by Crippen LogP contribution is -2.26. The van der Waals surface area contributed by atoms with Crippen LogP contribution in [0.2, 0.25) is 5.02 Å². The maximum Gasteiger partial charge on any atom is 0.264 e. The largest absolute Gasteiger partial charge is 0.326 e. The van der Waals surface area contributed by atoms with Crippen molar-refractivity contribution in [2.75, 3.05) is 16.7 Å². The molecule has 2 unspecified atom stereocenters. The average molecular weight is 441 g/mol. The van der Waals surface area contributed by atoms with Crippen LogP contribution >= 0.6 is 11.6 Å². The van der Waals surface area contributed by atoms with Crippen LogP contribution in [0.3, 0.4) is 0 Å². The fourth-order valence-corrected chi connectivity index (χ4v) is 5.03. The normalized spacial score (nSPS) is 17.9. The van der Waals surface area contributed by atoms with Gasteiger partial charge in [0.1, 0.15) is 0 Å². The van der Waals surface area contributed by atoms with Crippen molar-refractivity contribution in [1.82, 2.24) is 0 Å². The van der Waals surface area contributed by atoms with E-state index in [2.05, 4.69) is 5.32 Å². The van der Waals surface area contributed by atoms with E-state index in [9.17, 15) is 13.2 Å². The molecular weight excluding hydrogens is 420 g/mol. The van der Waals surface area contributed by atoms with Crippen molar-refractivity contribution in [2.24, 2.45) is 5.92 Å². The number of nitrogens with one attached hydrogen (secondary N) is 1. The Bertz CT molecular complexity index is 1180. The Labute approximate surface area is 181 Å². The number of amides is 1. The number of halogens is 1. The third-order valence-corrected chi connectivity index (χ3v) is 7.44. The first kappa shape index (κ1) is 20.4. The predicted octanol–water partition coefficient (Wildman–Crippen LogP) is 4.91. The number of anilines is 2.